The van der Waals surface area contributed by atoms with E-state index in [0.29, 0.717) is 30.4 Å². The molecule has 21 heavy (non-hydrogen) atoms. The van der Waals surface area contributed by atoms with Crippen LogP contribution in [0, 0.1) is 0 Å². The Labute approximate surface area is 122 Å². The van der Waals surface area contributed by atoms with Crippen LogP contribution in [0.15, 0.2) is 22.9 Å². The van der Waals surface area contributed by atoms with Crippen molar-refractivity contribution in [2.24, 2.45) is 0 Å². The first-order chi connectivity index (χ1) is 10.3. The van der Waals surface area contributed by atoms with Gasteiger partial charge in [-0.3, -0.25) is 0 Å². The molecule has 0 aliphatic carbocycles. The molecule has 1 fully saturated rings. The number of hydrogen-bond donors (Lipinski definition) is 1. The molecule has 0 amide bonds. The van der Waals surface area contributed by atoms with Crippen molar-refractivity contribution in [1.29, 1.82) is 0 Å². The molecule has 2 aromatic heterocycles. The number of hydrogen-bond acceptors (Lipinski definition) is 7. The molecular formula is C14H18N4O3. The highest BCUT2D eigenvalue weighted by molar-refractivity contribution is 5.20. The number of aromatic nitrogens is 3. The van der Waals surface area contributed by atoms with E-state index >= 15 is 0 Å². The van der Waals surface area contributed by atoms with Gasteiger partial charge in [0, 0.05) is 31.8 Å². The van der Waals surface area contributed by atoms with Gasteiger partial charge in [-0.15, -0.1) is 0 Å². The van der Waals surface area contributed by atoms with Crippen LogP contribution >= 0.6 is 0 Å². The van der Waals surface area contributed by atoms with Crippen molar-refractivity contribution >= 4 is 0 Å². The first-order valence-electron chi connectivity index (χ1n) is 6.96. The highest BCUT2D eigenvalue weighted by Crippen LogP contribution is 2.11. The Hall–Kier alpha value is -1.99. The second-order valence-corrected chi connectivity index (χ2v) is 4.89. The fourth-order valence-corrected chi connectivity index (χ4v) is 2.21. The molecule has 0 radical (unpaired) electrons. The molecule has 1 saturated heterocycles. The van der Waals surface area contributed by atoms with Crippen molar-refractivity contribution < 1.29 is 14.0 Å². The maximum atomic E-state index is 5.62. The summed E-state index contributed by atoms with van der Waals surface area (Å²) in [5, 5.41) is 7.28. The summed E-state index contributed by atoms with van der Waals surface area (Å²) in [5.41, 5.74) is 1.01. The van der Waals surface area contributed by atoms with E-state index in [9.17, 15) is 0 Å². The van der Waals surface area contributed by atoms with Gasteiger partial charge < -0.3 is 19.3 Å². The van der Waals surface area contributed by atoms with Crippen LogP contribution in [0.5, 0.6) is 5.88 Å². The molecule has 0 saturated carbocycles. The molecule has 0 bridgehead atoms. The van der Waals surface area contributed by atoms with Crippen LogP contribution in [0.2, 0.25) is 0 Å². The summed E-state index contributed by atoms with van der Waals surface area (Å²) in [7, 11) is 1.59. The van der Waals surface area contributed by atoms with Crippen LogP contribution in [-0.4, -0.2) is 48.0 Å². The lowest BCUT2D eigenvalue weighted by Crippen LogP contribution is -2.39. The summed E-state index contributed by atoms with van der Waals surface area (Å²) in [6.45, 7) is 2.44. The van der Waals surface area contributed by atoms with Crippen molar-refractivity contribution in [3.05, 3.63) is 35.6 Å². The van der Waals surface area contributed by atoms with Crippen LogP contribution in [0.4, 0.5) is 0 Å². The fraction of sp³-hybridized carbons (Fsp3) is 0.500. The Morgan fingerprint density at radius 3 is 3.10 bits per heavy atom. The Bertz CT molecular complexity index is 564. The molecule has 7 nitrogen and oxygen atoms in total. The molecule has 0 aromatic carbocycles. The molecule has 1 atom stereocenters. The van der Waals surface area contributed by atoms with Gasteiger partial charge in [0.05, 0.1) is 26.2 Å². The van der Waals surface area contributed by atoms with Gasteiger partial charge in [0.15, 0.2) is 5.82 Å². The van der Waals surface area contributed by atoms with Gasteiger partial charge >= 0.3 is 0 Å². The largest absolute Gasteiger partial charge is 0.481 e. The van der Waals surface area contributed by atoms with Gasteiger partial charge in [-0.2, -0.15) is 4.98 Å². The number of morpholine rings is 1. The summed E-state index contributed by atoms with van der Waals surface area (Å²) >= 11 is 0. The highest BCUT2D eigenvalue weighted by Gasteiger charge is 2.17. The van der Waals surface area contributed by atoms with Gasteiger partial charge in [-0.1, -0.05) is 11.2 Å². The molecule has 7 heteroatoms. The summed E-state index contributed by atoms with van der Waals surface area (Å²) in [6.07, 6.45) is 3.09. The third kappa shape index (κ3) is 3.77. The van der Waals surface area contributed by atoms with Crippen molar-refractivity contribution in [2.75, 3.05) is 26.8 Å². The minimum atomic E-state index is 0.106. The molecule has 112 valence electrons. The van der Waals surface area contributed by atoms with Gasteiger partial charge in [0.25, 0.3) is 0 Å². The van der Waals surface area contributed by atoms with Crippen molar-refractivity contribution in [3.63, 3.8) is 0 Å². The quantitative estimate of drug-likeness (QED) is 0.863. The molecule has 1 aliphatic heterocycles. The highest BCUT2D eigenvalue weighted by atomic mass is 16.5. The van der Waals surface area contributed by atoms with Crippen LogP contribution in [-0.2, 0) is 17.6 Å². The zero-order valence-corrected chi connectivity index (χ0v) is 11.9. The number of pyridine rings is 1. The van der Waals surface area contributed by atoms with E-state index in [1.165, 1.54) is 0 Å². The van der Waals surface area contributed by atoms with Crippen LogP contribution in [0.3, 0.4) is 0 Å². The van der Waals surface area contributed by atoms with E-state index in [1.807, 2.05) is 12.1 Å². The van der Waals surface area contributed by atoms with E-state index in [-0.39, 0.29) is 6.10 Å². The van der Waals surface area contributed by atoms with E-state index in [4.69, 9.17) is 14.0 Å². The maximum absolute atomic E-state index is 5.62. The van der Waals surface area contributed by atoms with Crippen molar-refractivity contribution in [3.8, 4) is 5.88 Å². The Morgan fingerprint density at radius 1 is 1.43 bits per heavy atom. The van der Waals surface area contributed by atoms with E-state index in [2.05, 4.69) is 20.4 Å². The summed E-state index contributed by atoms with van der Waals surface area (Å²) < 4.78 is 15.9. The Morgan fingerprint density at radius 2 is 2.38 bits per heavy atom. The first kappa shape index (κ1) is 14.0. The Balaban J connectivity index is 1.58. The van der Waals surface area contributed by atoms with Gasteiger partial charge in [0.1, 0.15) is 0 Å². The second-order valence-electron chi connectivity index (χ2n) is 4.89. The van der Waals surface area contributed by atoms with E-state index in [1.54, 1.807) is 13.3 Å². The first-order valence-corrected chi connectivity index (χ1v) is 6.96. The summed E-state index contributed by atoms with van der Waals surface area (Å²) in [4.78, 5) is 8.55. The van der Waals surface area contributed by atoms with Gasteiger partial charge in [-0.25, -0.2) is 4.98 Å². The molecular weight excluding hydrogens is 272 g/mol. The lowest BCUT2D eigenvalue weighted by atomic mass is 10.2. The number of nitrogens with zero attached hydrogens (tertiary/aromatic N) is 3. The van der Waals surface area contributed by atoms with Gasteiger partial charge in [0.2, 0.25) is 11.8 Å². The second kappa shape index (κ2) is 6.64. The van der Waals surface area contributed by atoms with Gasteiger partial charge in [-0.05, 0) is 5.56 Å². The maximum Gasteiger partial charge on any atom is 0.229 e. The third-order valence-corrected chi connectivity index (χ3v) is 3.29. The number of rotatable bonds is 5. The van der Waals surface area contributed by atoms with Crippen molar-refractivity contribution in [2.45, 2.75) is 18.9 Å². The molecule has 2 aromatic rings. The molecule has 3 heterocycles. The molecule has 1 unspecified atom stereocenters. The lowest BCUT2D eigenvalue weighted by Gasteiger charge is -2.21. The average molecular weight is 290 g/mol. The minimum Gasteiger partial charge on any atom is -0.481 e. The average Bonchev–Trinajstić information content (AvgIpc) is 2.96. The standard InChI is InChI=1S/C14H18N4O3/c1-19-13-3-2-10(8-16-13)6-12-17-14(21-18-12)7-11-9-15-4-5-20-11/h2-3,8,11,15H,4-7,9H2,1H3. The monoisotopic (exact) mass is 290 g/mol. The van der Waals surface area contributed by atoms with E-state index < -0.39 is 0 Å². The Kier molecular flexibility index (Phi) is 4.42. The van der Waals surface area contributed by atoms with Crippen molar-refractivity contribution in [1.82, 2.24) is 20.4 Å². The topological polar surface area (TPSA) is 82.3 Å². The van der Waals surface area contributed by atoms with Crippen LogP contribution < -0.4 is 10.1 Å². The molecule has 1 N–H and O–H groups in total. The molecule has 3 rings (SSSR count). The minimum absolute atomic E-state index is 0.106. The van der Waals surface area contributed by atoms with E-state index in [0.717, 1.165) is 25.3 Å². The lowest BCUT2D eigenvalue weighted by molar-refractivity contribution is 0.0246. The SMILES string of the molecule is COc1ccc(Cc2noc(CC3CNCCO3)n2)cn1. The zero-order valence-electron chi connectivity index (χ0n) is 11.9. The predicted octanol–water partition coefficient (Wildman–Crippen LogP) is 0.595. The number of methoxy groups -OCH3 is 1. The van der Waals surface area contributed by atoms with Crippen LogP contribution in [0.1, 0.15) is 17.3 Å². The molecule has 0 spiro atoms. The number of ether oxygens (including phenoxy) is 2. The summed E-state index contributed by atoms with van der Waals surface area (Å²) in [5.74, 6) is 1.86. The third-order valence-electron chi connectivity index (χ3n) is 3.29. The number of nitrogens with one attached hydrogen (secondary N) is 1. The normalized spacial score (nSPS) is 18.6. The predicted molar refractivity (Wildman–Crippen MR) is 74.2 cm³/mol. The fourth-order valence-electron chi connectivity index (χ4n) is 2.21. The smallest absolute Gasteiger partial charge is 0.229 e. The summed E-state index contributed by atoms with van der Waals surface area (Å²) in [6, 6.07) is 3.76. The zero-order chi connectivity index (χ0) is 14.5. The molecule has 1 aliphatic rings. The van der Waals surface area contributed by atoms with Crippen LogP contribution in [0.25, 0.3) is 0 Å².